The molecule has 10 heteroatoms. The van der Waals surface area contributed by atoms with Crippen molar-refractivity contribution in [2.75, 3.05) is 5.32 Å². The number of carbonyl (C=O) groups is 1. The fourth-order valence-corrected chi connectivity index (χ4v) is 3.00. The molecular formula is C21H22N8O2. The van der Waals surface area contributed by atoms with Gasteiger partial charge in [0.1, 0.15) is 11.6 Å². The smallest absolute Gasteiger partial charge is 0.277 e. The van der Waals surface area contributed by atoms with Crippen LogP contribution in [0, 0.1) is 27.7 Å². The second-order valence-electron chi connectivity index (χ2n) is 7.18. The molecular weight excluding hydrogens is 396 g/mol. The average molecular weight is 418 g/mol. The molecule has 0 spiro atoms. The van der Waals surface area contributed by atoms with Crippen LogP contribution in [0.4, 0.5) is 5.69 Å². The monoisotopic (exact) mass is 418 g/mol. The lowest BCUT2D eigenvalue weighted by atomic mass is 10.2. The van der Waals surface area contributed by atoms with Crippen molar-refractivity contribution in [1.82, 2.24) is 34.7 Å². The number of hydrogen-bond acceptors (Lipinski definition) is 7. The number of nitrogens with zero attached hydrogens (tertiary/aromatic N) is 7. The van der Waals surface area contributed by atoms with E-state index in [-0.39, 0.29) is 11.6 Å². The molecule has 1 N–H and O–H groups in total. The highest BCUT2D eigenvalue weighted by Crippen LogP contribution is 2.24. The standard InChI is InChI=1S/C21H22N8O2/c1-12-13(2)26-29(14(12)3)19-10-20(23-15(4)22-19)31-17-8-6-16(7-9-17)24-21(30)18-11-28(5)27-25-18/h6-11H,1-5H3,(H,24,30). The number of benzene rings is 1. The van der Waals surface area contributed by atoms with Crippen molar-refractivity contribution in [3.63, 3.8) is 0 Å². The van der Waals surface area contributed by atoms with Gasteiger partial charge in [-0.3, -0.25) is 9.48 Å². The highest BCUT2D eigenvalue weighted by atomic mass is 16.5. The summed E-state index contributed by atoms with van der Waals surface area (Å²) in [5.74, 6) is 1.86. The van der Waals surface area contributed by atoms with Crippen LogP contribution in [0.2, 0.25) is 0 Å². The third-order valence-electron chi connectivity index (χ3n) is 4.84. The van der Waals surface area contributed by atoms with E-state index in [1.807, 2.05) is 20.8 Å². The summed E-state index contributed by atoms with van der Waals surface area (Å²) < 4.78 is 9.17. The van der Waals surface area contributed by atoms with Crippen molar-refractivity contribution in [3.8, 4) is 17.4 Å². The van der Waals surface area contributed by atoms with E-state index in [2.05, 4.69) is 30.7 Å². The van der Waals surface area contributed by atoms with Crippen LogP contribution >= 0.6 is 0 Å². The van der Waals surface area contributed by atoms with Crippen molar-refractivity contribution < 1.29 is 9.53 Å². The van der Waals surface area contributed by atoms with Gasteiger partial charge in [-0.05, 0) is 57.5 Å². The van der Waals surface area contributed by atoms with Gasteiger partial charge in [0.2, 0.25) is 5.88 Å². The maximum absolute atomic E-state index is 12.2. The van der Waals surface area contributed by atoms with E-state index in [1.165, 1.54) is 4.68 Å². The zero-order valence-electron chi connectivity index (χ0n) is 17.9. The molecule has 0 fully saturated rings. The van der Waals surface area contributed by atoms with Crippen molar-refractivity contribution in [3.05, 3.63) is 65.0 Å². The highest BCUT2D eigenvalue weighted by molar-refractivity contribution is 6.02. The molecule has 31 heavy (non-hydrogen) atoms. The topological polar surface area (TPSA) is 113 Å². The Morgan fingerprint density at radius 2 is 1.81 bits per heavy atom. The molecule has 0 aliphatic carbocycles. The number of hydrogen-bond donors (Lipinski definition) is 1. The van der Waals surface area contributed by atoms with Crippen LogP contribution in [-0.2, 0) is 7.05 Å². The zero-order valence-corrected chi connectivity index (χ0v) is 17.9. The number of aromatic nitrogens is 7. The maximum Gasteiger partial charge on any atom is 0.277 e. The second kappa shape index (κ2) is 7.98. The summed E-state index contributed by atoms with van der Waals surface area (Å²) in [5, 5.41) is 14.9. The van der Waals surface area contributed by atoms with Crippen molar-refractivity contribution in [2.45, 2.75) is 27.7 Å². The van der Waals surface area contributed by atoms with Gasteiger partial charge in [0.15, 0.2) is 11.5 Å². The zero-order chi connectivity index (χ0) is 22.1. The van der Waals surface area contributed by atoms with Crippen LogP contribution in [0.25, 0.3) is 5.82 Å². The molecule has 0 aliphatic heterocycles. The molecule has 158 valence electrons. The number of amides is 1. The Balaban J connectivity index is 1.51. The van der Waals surface area contributed by atoms with E-state index in [4.69, 9.17) is 4.74 Å². The molecule has 1 aromatic carbocycles. The number of carbonyl (C=O) groups excluding carboxylic acids is 1. The summed E-state index contributed by atoms with van der Waals surface area (Å²) in [6.07, 6.45) is 1.55. The first-order valence-electron chi connectivity index (χ1n) is 9.64. The molecule has 3 heterocycles. The van der Waals surface area contributed by atoms with Gasteiger partial charge in [-0.15, -0.1) is 5.10 Å². The fraction of sp³-hybridized carbons (Fsp3) is 0.238. The Hall–Kier alpha value is -4.08. The van der Waals surface area contributed by atoms with Crippen molar-refractivity contribution in [1.29, 1.82) is 0 Å². The SMILES string of the molecule is Cc1nc(Oc2ccc(NC(=O)c3cn(C)nn3)cc2)cc(-n2nc(C)c(C)c2C)n1. The normalized spacial score (nSPS) is 10.9. The van der Waals surface area contributed by atoms with Crippen LogP contribution in [0.5, 0.6) is 11.6 Å². The van der Waals surface area contributed by atoms with E-state index in [0.717, 1.165) is 17.0 Å². The van der Waals surface area contributed by atoms with Gasteiger partial charge in [0.25, 0.3) is 5.91 Å². The summed E-state index contributed by atoms with van der Waals surface area (Å²) in [6.45, 7) is 7.81. The van der Waals surface area contributed by atoms with E-state index in [0.29, 0.717) is 29.0 Å². The minimum absolute atomic E-state index is 0.242. The first-order chi connectivity index (χ1) is 14.8. The Morgan fingerprint density at radius 3 is 2.42 bits per heavy atom. The Kier molecular flexibility index (Phi) is 5.20. The van der Waals surface area contributed by atoms with Crippen molar-refractivity contribution >= 4 is 11.6 Å². The van der Waals surface area contributed by atoms with Gasteiger partial charge in [-0.25, -0.2) is 9.67 Å². The third kappa shape index (κ3) is 4.27. The van der Waals surface area contributed by atoms with E-state index < -0.39 is 0 Å². The Bertz CT molecular complexity index is 1260. The lowest BCUT2D eigenvalue weighted by Crippen LogP contribution is -2.12. The molecule has 0 bridgehead atoms. The van der Waals surface area contributed by atoms with Crippen LogP contribution in [0.15, 0.2) is 36.5 Å². The number of rotatable bonds is 5. The lowest BCUT2D eigenvalue weighted by Gasteiger charge is -2.10. The molecule has 0 unspecified atom stereocenters. The minimum atomic E-state index is -0.335. The lowest BCUT2D eigenvalue weighted by molar-refractivity contribution is 0.102. The summed E-state index contributed by atoms with van der Waals surface area (Å²) in [7, 11) is 1.70. The fourth-order valence-electron chi connectivity index (χ4n) is 3.00. The number of ether oxygens (including phenoxy) is 1. The van der Waals surface area contributed by atoms with Gasteiger partial charge in [-0.1, -0.05) is 5.21 Å². The number of nitrogens with one attached hydrogen (secondary N) is 1. The van der Waals surface area contributed by atoms with Crippen LogP contribution < -0.4 is 10.1 Å². The molecule has 3 aromatic heterocycles. The molecule has 0 radical (unpaired) electrons. The van der Waals surface area contributed by atoms with Gasteiger partial charge in [0, 0.05) is 24.5 Å². The Morgan fingerprint density at radius 1 is 1.06 bits per heavy atom. The number of anilines is 1. The van der Waals surface area contributed by atoms with E-state index in [9.17, 15) is 4.79 Å². The average Bonchev–Trinajstić information content (AvgIpc) is 3.28. The predicted octanol–water partition coefficient (Wildman–Crippen LogP) is 3.07. The quantitative estimate of drug-likeness (QED) is 0.530. The summed E-state index contributed by atoms with van der Waals surface area (Å²) in [6, 6.07) is 8.72. The molecule has 4 aromatic rings. The molecule has 0 aliphatic rings. The van der Waals surface area contributed by atoms with E-state index in [1.54, 1.807) is 55.2 Å². The minimum Gasteiger partial charge on any atom is -0.439 e. The van der Waals surface area contributed by atoms with Crippen LogP contribution in [-0.4, -0.2) is 40.6 Å². The molecule has 4 rings (SSSR count). The summed E-state index contributed by atoms with van der Waals surface area (Å²) >= 11 is 0. The highest BCUT2D eigenvalue weighted by Gasteiger charge is 2.13. The predicted molar refractivity (Wildman–Crippen MR) is 114 cm³/mol. The van der Waals surface area contributed by atoms with Crippen LogP contribution in [0.1, 0.15) is 33.3 Å². The summed E-state index contributed by atoms with van der Waals surface area (Å²) in [5.41, 5.74) is 3.95. The van der Waals surface area contributed by atoms with Gasteiger partial charge >= 0.3 is 0 Å². The molecule has 10 nitrogen and oxygen atoms in total. The van der Waals surface area contributed by atoms with Crippen LogP contribution in [0.3, 0.4) is 0 Å². The van der Waals surface area contributed by atoms with Gasteiger partial charge < -0.3 is 10.1 Å². The number of aryl methyl sites for hydroxylation is 3. The van der Waals surface area contributed by atoms with Gasteiger partial charge in [-0.2, -0.15) is 10.1 Å². The first kappa shape index (κ1) is 20.2. The molecule has 0 saturated heterocycles. The van der Waals surface area contributed by atoms with Crippen molar-refractivity contribution in [2.24, 2.45) is 7.05 Å². The largest absolute Gasteiger partial charge is 0.439 e. The first-order valence-corrected chi connectivity index (χ1v) is 9.64. The molecule has 0 atom stereocenters. The molecule has 0 saturated carbocycles. The Labute approximate surface area is 178 Å². The van der Waals surface area contributed by atoms with E-state index >= 15 is 0 Å². The summed E-state index contributed by atoms with van der Waals surface area (Å²) in [4.78, 5) is 21.0. The van der Waals surface area contributed by atoms with Gasteiger partial charge in [0.05, 0.1) is 11.9 Å². The molecule has 1 amide bonds. The third-order valence-corrected chi connectivity index (χ3v) is 4.84. The second-order valence-corrected chi connectivity index (χ2v) is 7.18. The maximum atomic E-state index is 12.2.